The van der Waals surface area contributed by atoms with Gasteiger partial charge < -0.3 is 4.90 Å². The Bertz CT molecular complexity index is 221. The van der Waals surface area contributed by atoms with Gasteiger partial charge in [-0.2, -0.15) is 0 Å². The van der Waals surface area contributed by atoms with Crippen molar-refractivity contribution in [3.05, 3.63) is 0 Å². The molecular formula is C10H16N2O. The van der Waals surface area contributed by atoms with E-state index in [0.29, 0.717) is 12.1 Å². The van der Waals surface area contributed by atoms with Crippen LogP contribution >= 0.6 is 0 Å². The van der Waals surface area contributed by atoms with Crippen LogP contribution in [0.4, 0.5) is 0 Å². The molecule has 2 saturated heterocycles. The maximum atomic E-state index is 10.2. The third kappa shape index (κ3) is 1.67. The summed E-state index contributed by atoms with van der Waals surface area (Å²) in [6.07, 6.45) is 7.71. The van der Waals surface area contributed by atoms with Crippen molar-refractivity contribution in [2.75, 3.05) is 7.05 Å². The Morgan fingerprint density at radius 2 is 1.92 bits per heavy atom. The molecule has 2 aliphatic heterocycles. The summed E-state index contributed by atoms with van der Waals surface area (Å²) in [5.41, 5.74) is 0. The zero-order valence-electron chi connectivity index (χ0n) is 8.07. The quantitative estimate of drug-likeness (QED) is 0.450. The lowest BCUT2D eigenvalue weighted by atomic mass is 9.82. The van der Waals surface area contributed by atoms with Crippen LogP contribution in [0.5, 0.6) is 0 Å². The van der Waals surface area contributed by atoms with E-state index < -0.39 is 0 Å². The van der Waals surface area contributed by atoms with E-state index in [4.69, 9.17) is 0 Å². The summed E-state index contributed by atoms with van der Waals surface area (Å²) in [7, 11) is 2.20. The third-order valence-corrected chi connectivity index (χ3v) is 3.55. The SMILES string of the molecule is CN1[C@@H]2CCC[C@H]1CC(N=C=O)C2. The molecule has 0 aromatic rings. The molecule has 0 spiro atoms. The summed E-state index contributed by atoms with van der Waals surface area (Å²) in [4.78, 5) is 16.5. The monoisotopic (exact) mass is 180 g/mol. The highest BCUT2D eigenvalue weighted by Gasteiger charge is 2.35. The molecule has 0 amide bonds. The summed E-state index contributed by atoms with van der Waals surface area (Å²) in [5.74, 6) is 0. The van der Waals surface area contributed by atoms with Gasteiger partial charge >= 0.3 is 0 Å². The Labute approximate surface area is 78.8 Å². The number of nitrogens with zero attached hydrogens (tertiary/aromatic N) is 2. The van der Waals surface area contributed by atoms with Crippen LogP contribution < -0.4 is 0 Å². The number of hydrogen-bond acceptors (Lipinski definition) is 3. The smallest absolute Gasteiger partial charge is 0.235 e. The standard InChI is InChI=1S/C10H16N2O/c1-12-9-3-2-4-10(12)6-8(5-9)11-7-13/h8-10H,2-6H2,1H3/t8?,9-,10+. The largest absolute Gasteiger partial charge is 0.300 e. The van der Waals surface area contributed by atoms with E-state index in [-0.39, 0.29) is 6.04 Å². The molecule has 0 saturated carbocycles. The summed E-state index contributed by atoms with van der Waals surface area (Å²) in [6, 6.07) is 1.58. The first-order chi connectivity index (χ1) is 6.31. The van der Waals surface area contributed by atoms with Gasteiger partial charge in [-0.3, -0.25) is 0 Å². The highest BCUT2D eigenvalue weighted by molar-refractivity contribution is 5.33. The van der Waals surface area contributed by atoms with E-state index >= 15 is 0 Å². The molecule has 3 heteroatoms. The van der Waals surface area contributed by atoms with E-state index in [1.807, 2.05) is 0 Å². The topological polar surface area (TPSA) is 32.7 Å². The van der Waals surface area contributed by atoms with E-state index in [2.05, 4.69) is 16.9 Å². The molecule has 0 aromatic heterocycles. The van der Waals surface area contributed by atoms with Gasteiger partial charge in [-0.15, -0.1) is 0 Å². The van der Waals surface area contributed by atoms with E-state index in [0.717, 1.165) is 12.8 Å². The van der Waals surface area contributed by atoms with Crippen LogP contribution in [0.25, 0.3) is 0 Å². The fourth-order valence-corrected chi connectivity index (χ4v) is 2.77. The molecule has 0 N–H and O–H groups in total. The molecule has 0 aliphatic carbocycles. The minimum atomic E-state index is 0.254. The lowest BCUT2D eigenvalue weighted by Gasteiger charge is -2.45. The molecular weight excluding hydrogens is 164 g/mol. The van der Waals surface area contributed by atoms with Crippen LogP contribution in [0, 0.1) is 0 Å². The first-order valence-corrected chi connectivity index (χ1v) is 5.10. The maximum Gasteiger partial charge on any atom is 0.235 e. The van der Waals surface area contributed by atoms with Gasteiger partial charge in [0.05, 0.1) is 6.04 Å². The van der Waals surface area contributed by atoms with Crippen LogP contribution in [0.2, 0.25) is 0 Å². The molecule has 2 rings (SSSR count). The van der Waals surface area contributed by atoms with Crippen molar-refractivity contribution >= 4 is 6.08 Å². The van der Waals surface area contributed by atoms with Crippen molar-refractivity contribution in [3.63, 3.8) is 0 Å². The van der Waals surface area contributed by atoms with Crippen molar-refractivity contribution in [1.82, 2.24) is 4.90 Å². The Hall–Kier alpha value is -0.660. The van der Waals surface area contributed by atoms with E-state index in [1.54, 1.807) is 6.08 Å². The molecule has 3 atom stereocenters. The summed E-state index contributed by atoms with van der Waals surface area (Å²) in [5, 5.41) is 0. The number of hydrogen-bond donors (Lipinski definition) is 0. The molecule has 1 unspecified atom stereocenters. The predicted molar refractivity (Wildman–Crippen MR) is 50.3 cm³/mol. The number of isocyanates is 1. The van der Waals surface area contributed by atoms with Crippen LogP contribution in [-0.2, 0) is 4.79 Å². The van der Waals surface area contributed by atoms with Crippen molar-refractivity contribution in [3.8, 4) is 0 Å². The van der Waals surface area contributed by atoms with Gasteiger partial charge in [0.2, 0.25) is 6.08 Å². The second-order valence-electron chi connectivity index (χ2n) is 4.25. The Balaban J connectivity index is 2.07. The minimum absolute atomic E-state index is 0.254. The molecule has 2 aliphatic rings. The molecule has 13 heavy (non-hydrogen) atoms. The molecule has 72 valence electrons. The van der Waals surface area contributed by atoms with Crippen LogP contribution in [0.15, 0.2) is 4.99 Å². The van der Waals surface area contributed by atoms with E-state index in [9.17, 15) is 4.79 Å². The van der Waals surface area contributed by atoms with Gasteiger partial charge in [-0.05, 0) is 32.7 Å². The number of fused-ring (bicyclic) bond motifs is 2. The molecule has 3 nitrogen and oxygen atoms in total. The number of rotatable bonds is 1. The molecule has 0 aromatic carbocycles. The highest BCUT2D eigenvalue weighted by atomic mass is 16.1. The zero-order valence-corrected chi connectivity index (χ0v) is 8.07. The van der Waals surface area contributed by atoms with Gasteiger partial charge in [-0.1, -0.05) is 6.42 Å². The number of aliphatic imine (C=N–C) groups is 1. The molecule has 2 heterocycles. The van der Waals surface area contributed by atoms with Crippen molar-refractivity contribution in [2.24, 2.45) is 4.99 Å². The maximum absolute atomic E-state index is 10.2. The average molecular weight is 180 g/mol. The van der Waals surface area contributed by atoms with Crippen molar-refractivity contribution in [1.29, 1.82) is 0 Å². The minimum Gasteiger partial charge on any atom is -0.300 e. The second-order valence-corrected chi connectivity index (χ2v) is 4.25. The van der Waals surface area contributed by atoms with Gasteiger partial charge in [-0.25, -0.2) is 9.79 Å². The number of piperidine rings is 2. The van der Waals surface area contributed by atoms with Gasteiger partial charge in [0.15, 0.2) is 0 Å². The van der Waals surface area contributed by atoms with E-state index in [1.165, 1.54) is 19.3 Å². The van der Waals surface area contributed by atoms with Gasteiger partial charge in [0.25, 0.3) is 0 Å². The lowest BCUT2D eigenvalue weighted by Crippen LogP contribution is -2.50. The predicted octanol–water partition coefficient (Wildman–Crippen LogP) is 1.34. The Kier molecular flexibility index (Phi) is 2.47. The third-order valence-electron chi connectivity index (χ3n) is 3.55. The van der Waals surface area contributed by atoms with Crippen LogP contribution in [-0.4, -0.2) is 36.2 Å². The van der Waals surface area contributed by atoms with Crippen molar-refractivity contribution in [2.45, 2.75) is 50.2 Å². The summed E-state index contributed by atoms with van der Waals surface area (Å²) >= 11 is 0. The fourth-order valence-electron chi connectivity index (χ4n) is 2.77. The highest BCUT2D eigenvalue weighted by Crippen LogP contribution is 2.33. The van der Waals surface area contributed by atoms with Gasteiger partial charge in [0, 0.05) is 12.1 Å². The normalized spacial score (nSPS) is 39.6. The summed E-state index contributed by atoms with van der Waals surface area (Å²) < 4.78 is 0. The molecule has 2 fully saturated rings. The van der Waals surface area contributed by atoms with Crippen LogP contribution in [0.3, 0.4) is 0 Å². The first-order valence-electron chi connectivity index (χ1n) is 5.10. The molecule has 0 radical (unpaired) electrons. The zero-order chi connectivity index (χ0) is 9.26. The average Bonchev–Trinajstić information content (AvgIpc) is 2.07. The van der Waals surface area contributed by atoms with Crippen molar-refractivity contribution < 1.29 is 4.79 Å². The summed E-state index contributed by atoms with van der Waals surface area (Å²) in [6.45, 7) is 0. The Morgan fingerprint density at radius 1 is 1.31 bits per heavy atom. The fraction of sp³-hybridized carbons (Fsp3) is 0.900. The lowest BCUT2D eigenvalue weighted by molar-refractivity contribution is 0.0575. The first kappa shape index (κ1) is 8.92. The Morgan fingerprint density at radius 3 is 2.46 bits per heavy atom. The van der Waals surface area contributed by atoms with Gasteiger partial charge in [0.1, 0.15) is 0 Å². The second kappa shape index (κ2) is 3.60. The van der Waals surface area contributed by atoms with Crippen LogP contribution in [0.1, 0.15) is 32.1 Å². The molecule has 2 bridgehead atoms. The number of carbonyl (C=O) groups excluding carboxylic acids is 1.